The van der Waals surface area contributed by atoms with Gasteiger partial charge in [-0.15, -0.1) is 0 Å². The van der Waals surface area contributed by atoms with Crippen LogP contribution in [-0.4, -0.2) is 16.2 Å². The van der Waals surface area contributed by atoms with Crippen LogP contribution >= 0.6 is 0 Å². The van der Waals surface area contributed by atoms with Crippen molar-refractivity contribution in [1.29, 1.82) is 0 Å². The molecular formula is C5H5NO4. The Bertz CT molecular complexity index is 284. The Morgan fingerprint density at radius 2 is 2.50 bits per heavy atom. The van der Waals surface area contributed by atoms with Crippen molar-refractivity contribution in [3.8, 4) is 0 Å². The molecule has 10 heavy (non-hydrogen) atoms. The molecule has 0 aliphatic heterocycles. The minimum absolute atomic E-state index is 0.137. The zero-order valence-corrected chi connectivity index (χ0v) is 4.96. The SMILES string of the molecule is O=C(O)Cc1cc(=O)[nH]o1. The highest BCUT2D eigenvalue weighted by Crippen LogP contribution is 1.92. The summed E-state index contributed by atoms with van der Waals surface area (Å²) in [5.41, 5.74) is -0.420. The first-order chi connectivity index (χ1) is 4.68. The number of carboxylic acids is 1. The molecule has 0 atom stereocenters. The minimum Gasteiger partial charge on any atom is -0.481 e. The van der Waals surface area contributed by atoms with E-state index in [4.69, 9.17) is 5.11 Å². The van der Waals surface area contributed by atoms with Crippen molar-refractivity contribution >= 4 is 5.97 Å². The fourth-order valence-electron chi connectivity index (χ4n) is 0.557. The molecule has 1 aromatic rings. The highest BCUT2D eigenvalue weighted by molar-refractivity contribution is 5.69. The number of aromatic nitrogens is 1. The highest BCUT2D eigenvalue weighted by Gasteiger charge is 2.03. The van der Waals surface area contributed by atoms with Gasteiger partial charge in [-0.1, -0.05) is 0 Å². The third-order valence-corrected chi connectivity index (χ3v) is 0.900. The average Bonchev–Trinajstić information content (AvgIpc) is 2.13. The predicted octanol–water partition coefficient (Wildman–Crippen LogP) is -0.405. The number of carbonyl (C=O) groups is 1. The Balaban J connectivity index is 2.76. The lowest BCUT2D eigenvalue weighted by Gasteiger charge is -1.83. The van der Waals surface area contributed by atoms with Gasteiger partial charge in [-0.05, 0) is 0 Å². The van der Waals surface area contributed by atoms with E-state index in [9.17, 15) is 9.59 Å². The van der Waals surface area contributed by atoms with E-state index < -0.39 is 11.5 Å². The van der Waals surface area contributed by atoms with Crippen molar-refractivity contribution in [2.45, 2.75) is 6.42 Å². The number of carboxylic acid groups (broad SMARTS) is 1. The monoisotopic (exact) mass is 143 g/mol. The Labute approximate surface area is 55.2 Å². The molecule has 5 nitrogen and oxygen atoms in total. The van der Waals surface area contributed by atoms with Gasteiger partial charge in [-0.3, -0.25) is 9.59 Å². The van der Waals surface area contributed by atoms with Crippen molar-refractivity contribution in [2.75, 3.05) is 0 Å². The number of aromatic amines is 1. The average molecular weight is 143 g/mol. The lowest BCUT2D eigenvalue weighted by molar-refractivity contribution is -0.136. The fraction of sp³-hybridized carbons (Fsp3) is 0.200. The van der Waals surface area contributed by atoms with E-state index in [0.717, 1.165) is 6.07 Å². The van der Waals surface area contributed by atoms with Gasteiger partial charge in [-0.2, -0.15) is 5.16 Å². The number of H-pyrrole nitrogens is 1. The lowest BCUT2D eigenvalue weighted by Crippen LogP contribution is -1.99. The van der Waals surface area contributed by atoms with E-state index in [1.165, 1.54) is 0 Å². The van der Waals surface area contributed by atoms with Crippen molar-refractivity contribution in [3.05, 3.63) is 22.2 Å². The topological polar surface area (TPSA) is 83.3 Å². The Morgan fingerprint density at radius 1 is 1.80 bits per heavy atom. The van der Waals surface area contributed by atoms with Crippen molar-refractivity contribution in [2.24, 2.45) is 0 Å². The fourth-order valence-corrected chi connectivity index (χ4v) is 0.557. The first-order valence-electron chi connectivity index (χ1n) is 2.57. The molecule has 0 fully saturated rings. The van der Waals surface area contributed by atoms with Crippen LogP contribution in [0.25, 0.3) is 0 Å². The third kappa shape index (κ3) is 1.48. The number of aliphatic carboxylic acids is 1. The van der Waals surface area contributed by atoms with Gasteiger partial charge in [0.2, 0.25) is 0 Å². The summed E-state index contributed by atoms with van der Waals surface area (Å²) in [4.78, 5) is 20.3. The maximum Gasteiger partial charge on any atom is 0.311 e. The summed E-state index contributed by atoms with van der Waals surface area (Å²) < 4.78 is 4.46. The van der Waals surface area contributed by atoms with E-state index in [1.54, 1.807) is 0 Å². The Kier molecular flexibility index (Phi) is 1.57. The van der Waals surface area contributed by atoms with E-state index in [2.05, 4.69) is 4.52 Å². The van der Waals surface area contributed by atoms with Gasteiger partial charge in [0.15, 0.2) is 0 Å². The molecule has 0 aliphatic rings. The van der Waals surface area contributed by atoms with Crippen LogP contribution in [0.3, 0.4) is 0 Å². The molecule has 0 amide bonds. The van der Waals surface area contributed by atoms with Crippen LogP contribution in [0.2, 0.25) is 0 Å². The van der Waals surface area contributed by atoms with Crippen LogP contribution in [0.1, 0.15) is 5.76 Å². The first-order valence-corrected chi connectivity index (χ1v) is 2.57. The summed E-state index contributed by atoms with van der Waals surface area (Å²) in [6.45, 7) is 0. The standard InChI is InChI=1S/C5H5NO4/c7-4-1-3(10-6-4)2-5(8)9/h1H,2H2,(H,6,7)(H,8,9). The number of hydrogen-bond acceptors (Lipinski definition) is 3. The summed E-state index contributed by atoms with van der Waals surface area (Å²) in [5, 5.41) is 10.2. The first kappa shape index (κ1) is 6.60. The Morgan fingerprint density at radius 3 is 2.90 bits per heavy atom. The van der Waals surface area contributed by atoms with Gasteiger partial charge in [0.05, 0.1) is 0 Å². The molecule has 54 valence electrons. The van der Waals surface area contributed by atoms with E-state index in [1.807, 2.05) is 5.16 Å². The smallest absolute Gasteiger partial charge is 0.311 e. The van der Waals surface area contributed by atoms with E-state index in [0.29, 0.717) is 0 Å². The number of hydrogen-bond donors (Lipinski definition) is 2. The molecule has 2 N–H and O–H groups in total. The highest BCUT2D eigenvalue weighted by atomic mass is 16.5. The molecule has 1 heterocycles. The van der Waals surface area contributed by atoms with Crippen LogP contribution in [0.5, 0.6) is 0 Å². The van der Waals surface area contributed by atoms with Crippen LogP contribution in [-0.2, 0) is 11.2 Å². The summed E-state index contributed by atoms with van der Waals surface area (Å²) in [6, 6.07) is 1.11. The van der Waals surface area contributed by atoms with E-state index in [-0.39, 0.29) is 12.2 Å². The summed E-state index contributed by atoms with van der Waals surface area (Å²) in [6.07, 6.45) is -0.265. The van der Waals surface area contributed by atoms with Gasteiger partial charge < -0.3 is 9.63 Å². The predicted molar refractivity (Wildman–Crippen MR) is 30.7 cm³/mol. The molecule has 5 heteroatoms. The molecule has 0 aliphatic carbocycles. The van der Waals surface area contributed by atoms with Gasteiger partial charge in [0.1, 0.15) is 12.2 Å². The second-order valence-corrected chi connectivity index (χ2v) is 1.75. The van der Waals surface area contributed by atoms with Crippen LogP contribution < -0.4 is 5.56 Å². The molecule has 0 aromatic carbocycles. The van der Waals surface area contributed by atoms with Crippen LogP contribution in [0, 0.1) is 0 Å². The van der Waals surface area contributed by atoms with Gasteiger partial charge >= 0.3 is 5.97 Å². The quantitative estimate of drug-likeness (QED) is 0.589. The molecular weight excluding hydrogens is 138 g/mol. The molecule has 0 bridgehead atoms. The van der Waals surface area contributed by atoms with Crippen LogP contribution in [0.15, 0.2) is 15.4 Å². The zero-order chi connectivity index (χ0) is 7.56. The largest absolute Gasteiger partial charge is 0.481 e. The number of rotatable bonds is 2. The molecule has 0 spiro atoms. The zero-order valence-electron chi connectivity index (χ0n) is 4.96. The summed E-state index contributed by atoms with van der Waals surface area (Å²) in [7, 11) is 0. The molecule has 0 radical (unpaired) electrons. The molecule has 0 unspecified atom stereocenters. The van der Waals surface area contributed by atoms with Gasteiger partial charge in [0, 0.05) is 6.07 Å². The Hall–Kier alpha value is -1.52. The van der Waals surface area contributed by atoms with Gasteiger partial charge in [0.25, 0.3) is 5.56 Å². The molecule has 1 aromatic heterocycles. The minimum atomic E-state index is -1.03. The second kappa shape index (κ2) is 2.38. The normalized spacial score (nSPS) is 9.60. The second-order valence-electron chi connectivity index (χ2n) is 1.75. The van der Waals surface area contributed by atoms with Crippen LogP contribution in [0.4, 0.5) is 0 Å². The van der Waals surface area contributed by atoms with Crippen molar-refractivity contribution < 1.29 is 14.4 Å². The van der Waals surface area contributed by atoms with E-state index >= 15 is 0 Å². The molecule has 0 saturated carbocycles. The maximum atomic E-state index is 10.3. The summed E-state index contributed by atoms with van der Waals surface area (Å²) in [5.74, 6) is -0.889. The van der Waals surface area contributed by atoms with Crippen molar-refractivity contribution in [1.82, 2.24) is 5.16 Å². The van der Waals surface area contributed by atoms with Gasteiger partial charge in [-0.25, -0.2) is 0 Å². The molecule has 0 saturated heterocycles. The maximum absolute atomic E-state index is 10.3. The van der Waals surface area contributed by atoms with Crippen molar-refractivity contribution in [3.63, 3.8) is 0 Å². The molecule has 1 rings (SSSR count). The summed E-state index contributed by atoms with van der Waals surface area (Å²) >= 11 is 0. The number of nitrogens with one attached hydrogen (secondary N) is 1. The third-order valence-electron chi connectivity index (χ3n) is 0.900. The lowest BCUT2D eigenvalue weighted by atomic mass is 10.3.